The lowest BCUT2D eigenvalue weighted by atomic mass is 9.90. The Hall–Kier alpha value is -4.10. The predicted octanol–water partition coefficient (Wildman–Crippen LogP) is 8.71. The van der Waals surface area contributed by atoms with E-state index in [-0.39, 0.29) is 0 Å². The minimum atomic E-state index is 0.930. The summed E-state index contributed by atoms with van der Waals surface area (Å²) in [7, 11) is 0. The summed E-state index contributed by atoms with van der Waals surface area (Å²) in [5, 5.41) is 9.83. The quantitative estimate of drug-likeness (QED) is 0.254. The number of fused-ring (bicyclic) bond motifs is 6. The van der Waals surface area contributed by atoms with Gasteiger partial charge in [0.2, 0.25) is 0 Å². The summed E-state index contributed by atoms with van der Waals surface area (Å²) in [6.07, 6.45) is 0. The molecular weight excluding hydrogens is 376 g/mol. The first kappa shape index (κ1) is 16.7. The van der Waals surface area contributed by atoms with Crippen molar-refractivity contribution in [1.29, 1.82) is 0 Å². The lowest BCUT2D eigenvalue weighted by molar-refractivity contribution is 0.669. The van der Waals surface area contributed by atoms with Gasteiger partial charge < -0.3 is 4.42 Å². The van der Waals surface area contributed by atoms with Crippen LogP contribution in [0.3, 0.4) is 0 Å². The maximum Gasteiger partial charge on any atom is 0.136 e. The van der Waals surface area contributed by atoms with Gasteiger partial charge in [0.1, 0.15) is 11.2 Å². The first-order valence-electron chi connectivity index (χ1n) is 10.6. The molecule has 7 rings (SSSR count). The van der Waals surface area contributed by atoms with Gasteiger partial charge >= 0.3 is 0 Å². The van der Waals surface area contributed by atoms with E-state index in [9.17, 15) is 0 Å². The van der Waals surface area contributed by atoms with E-state index in [1.54, 1.807) is 0 Å². The molecule has 0 fully saturated rings. The van der Waals surface area contributed by atoms with Crippen LogP contribution in [0.25, 0.3) is 65.4 Å². The van der Waals surface area contributed by atoms with E-state index >= 15 is 0 Å². The van der Waals surface area contributed by atoms with Crippen LogP contribution in [-0.2, 0) is 0 Å². The lowest BCUT2D eigenvalue weighted by Gasteiger charge is -2.13. The molecule has 0 aliphatic carbocycles. The fourth-order valence-corrected chi connectivity index (χ4v) is 5.02. The van der Waals surface area contributed by atoms with Crippen molar-refractivity contribution in [3.05, 3.63) is 109 Å². The summed E-state index contributed by atoms with van der Waals surface area (Å²) >= 11 is 0. The second kappa shape index (κ2) is 6.20. The fourth-order valence-electron chi connectivity index (χ4n) is 5.02. The van der Waals surface area contributed by atoms with Crippen molar-refractivity contribution in [2.24, 2.45) is 0 Å². The minimum absolute atomic E-state index is 0.930. The van der Waals surface area contributed by atoms with Gasteiger partial charge in [0, 0.05) is 10.8 Å². The maximum atomic E-state index is 6.35. The zero-order valence-corrected chi connectivity index (χ0v) is 16.8. The Kier molecular flexibility index (Phi) is 3.33. The molecule has 0 saturated heterocycles. The molecule has 0 amide bonds. The van der Waals surface area contributed by atoms with E-state index in [0.29, 0.717) is 0 Å². The van der Waals surface area contributed by atoms with E-state index < -0.39 is 0 Å². The highest BCUT2D eigenvalue weighted by Gasteiger charge is 2.17. The number of benzene rings is 6. The number of hydrogen-bond acceptors (Lipinski definition) is 1. The van der Waals surface area contributed by atoms with Crippen molar-refractivity contribution in [3.63, 3.8) is 0 Å². The van der Waals surface area contributed by atoms with E-state index in [2.05, 4.69) is 109 Å². The molecule has 1 heterocycles. The van der Waals surface area contributed by atoms with Crippen LogP contribution in [-0.4, -0.2) is 0 Å². The average Bonchev–Trinajstić information content (AvgIpc) is 3.18. The van der Waals surface area contributed by atoms with Gasteiger partial charge in [-0.25, -0.2) is 0 Å². The first-order valence-corrected chi connectivity index (χ1v) is 10.6. The van der Waals surface area contributed by atoms with Crippen LogP contribution in [0.4, 0.5) is 0 Å². The van der Waals surface area contributed by atoms with Gasteiger partial charge in [-0.1, -0.05) is 84.9 Å². The van der Waals surface area contributed by atoms with Gasteiger partial charge in [-0.3, -0.25) is 0 Å². The average molecular weight is 394 g/mol. The molecule has 6 aromatic carbocycles. The molecule has 0 radical (unpaired) electrons. The summed E-state index contributed by atoms with van der Waals surface area (Å²) in [6, 6.07) is 39.0. The SMILES string of the molecule is c1ccc2cc3c(cc2c1)oc1cccc(-c2c4ccccc4cc4ccccc24)c13. The van der Waals surface area contributed by atoms with Crippen LogP contribution in [0, 0.1) is 0 Å². The van der Waals surface area contributed by atoms with Gasteiger partial charge in [-0.05, 0) is 67.7 Å². The molecule has 0 spiro atoms. The minimum Gasteiger partial charge on any atom is -0.456 e. The van der Waals surface area contributed by atoms with Crippen LogP contribution >= 0.6 is 0 Å². The van der Waals surface area contributed by atoms with Gasteiger partial charge in [0.25, 0.3) is 0 Å². The Morgan fingerprint density at radius 2 is 1.03 bits per heavy atom. The molecule has 0 N–H and O–H groups in total. The third-order valence-corrected chi connectivity index (χ3v) is 6.40. The Labute approximate surface area is 179 Å². The fraction of sp³-hybridized carbons (Fsp3) is 0. The summed E-state index contributed by atoms with van der Waals surface area (Å²) in [5.41, 5.74) is 4.36. The van der Waals surface area contributed by atoms with Gasteiger partial charge in [0.15, 0.2) is 0 Å². The highest BCUT2D eigenvalue weighted by Crippen LogP contribution is 2.43. The molecule has 1 heteroatoms. The van der Waals surface area contributed by atoms with Crippen molar-refractivity contribution < 1.29 is 4.42 Å². The third-order valence-electron chi connectivity index (χ3n) is 6.40. The number of hydrogen-bond donors (Lipinski definition) is 0. The zero-order valence-electron chi connectivity index (χ0n) is 16.8. The van der Waals surface area contributed by atoms with Crippen LogP contribution in [0.15, 0.2) is 114 Å². The van der Waals surface area contributed by atoms with Crippen LogP contribution in [0.2, 0.25) is 0 Å². The number of furan rings is 1. The molecule has 31 heavy (non-hydrogen) atoms. The lowest BCUT2D eigenvalue weighted by Crippen LogP contribution is -1.86. The molecular formula is C30H18O. The Balaban J connectivity index is 1.70. The smallest absolute Gasteiger partial charge is 0.136 e. The highest BCUT2D eigenvalue weighted by atomic mass is 16.3. The van der Waals surface area contributed by atoms with E-state index in [0.717, 1.165) is 11.2 Å². The van der Waals surface area contributed by atoms with E-state index in [1.165, 1.54) is 54.2 Å². The Morgan fingerprint density at radius 3 is 1.74 bits per heavy atom. The van der Waals surface area contributed by atoms with Crippen molar-refractivity contribution in [3.8, 4) is 11.1 Å². The molecule has 0 atom stereocenters. The zero-order chi connectivity index (χ0) is 20.4. The van der Waals surface area contributed by atoms with E-state index in [1.807, 2.05) is 0 Å². The Bertz CT molecular complexity index is 1730. The topological polar surface area (TPSA) is 13.1 Å². The second-order valence-corrected chi connectivity index (χ2v) is 8.17. The summed E-state index contributed by atoms with van der Waals surface area (Å²) in [5.74, 6) is 0. The Morgan fingerprint density at radius 1 is 0.419 bits per heavy atom. The molecule has 0 saturated carbocycles. The van der Waals surface area contributed by atoms with Crippen molar-refractivity contribution in [1.82, 2.24) is 0 Å². The molecule has 0 unspecified atom stereocenters. The molecule has 1 nitrogen and oxygen atoms in total. The van der Waals surface area contributed by atoms with Crippen LogP contribution in [0.1, 0.15) is 0 Å². The highest BCUT2D eigenvalue weighted by molar-refractivity contribution is 6.22. The molecule has 0 bridgehead atoms. The molecule has 1 aromatic heterocycles. The standard InChI is InChI=1S/C30H18O/c1-2-9-20-18-28-26(17-19(20)8-1)30-25(14-7-15-27(30)31-28)29-23-12-5-3-10-21(23)16-22-11-4-6-13-24(22)29/h1-18H. The summed E-state index contributed by atoms with van der Waals surface area (Å²) in [6.45, 7) is 0. The normalized spacial score (nSPS) is 11.9. The summed E-state index contributed by atoms with van der Waals surface area (Å²) in [4.78, 5) is 0. The maximum absolute atomic E-state index is 6.35. The van der Waals surface area contributed by atoms with Crippen molar-refractivity contribution >= 4 is 54.3 Å². The van der Waals surface area contributed by atoms with Crippen LogP contribution in [0.5, 0.6) is 0 Å². The second-order valence-electron chi connectivity index (χ2n) is 8.17. The van der Waals surface area contributed by atoms with Gasteiger partial charge in [0.05, 0.1) is 0 Å². The van der Waals surface area contributed by atoms with Crippen LogP contribution < -0.4 is 0 Å². The first-order chi connectivity index (χ1) is 15.4. The van der Waals surface area contributed by atoms with Gasteiger partial charge in [-0.15, -0.1) is 0 Å². The molecule has 0 aliphatic rings. The monoisotopic (exact) mass is 394 g/mol. The third kappa shape index (κ3) is 2.38. The predicted molar refractivity (Wildman–Crippen MR) is 132 cm³/mol. The molecule has 0 aliphatic heterocycles. The van der Waals surface area contributed by atoms with Crippen molar-refractivity contribution in [2.45, 2.75) is 0 Å². The summed E-state index contributed by atoms with van der Waals surface area (Å²) < 4.78 is 6.35. The van der Waals surface area contributed by atoms with Crippen molar-refractivity contribution in [2.75, 3.05) is 0 Å². The number of rotatable bonds is 1. The van der Waals surface area contributed by atoms with E-state index in [4.69, 9.17) is 4.42 Å². The molecule has 7 aromatic rings. The largest absolute Gasteiger partial charge is 0.456 e. The molecule has 144 valence electrons. The van der Waals surface area contributed by atoms with Gasteiger partial charge in [-0.2, -0.15) is 0 Å².